The summed E-state index contributed by atoms with van der Waals surface area (Å²) in [5.41, 5.74) is 0. The fraction of sp³-hybridized carbons (Fsp3) is 0. The van der Waals surface area contributed by atoms with Gasteiger partial charge in [-0.05, 0) is 34.1 Å². The van der Waals surface area contributed by atoms with Crippen molar-refractivity contribution in [1.29, 1.82) is 0 Å². The number of nitro groups is 1. The van der Waals surface area contributed by atoms with Crippen molar-refractivity contribution in [2.45, 2.75) is 0 Å². The Morgan fingerprint density at radius 3 is 2.71 bits per heavy atom. The van der Waals surface area contributed by atoms with E-state index in [1.807, 2.05) is 18.2 Å². The lowest BCUT2D eigenvalue weighted by Crippen LogP contribution is -1.82. The van der Waals surface area contributed by atoms with Gasteiger partial charge < -0.3 is 0 Å². The van der Waals surface area contributed by atoms with Gasteiger partial charge in [0.05, 0.1) is 4.92 Å². The third-order valence-corrected chi connectivity index (χ3v) is 4.42. The molecular weight excluding hydrogens is 334 g/mol. The van der Waals surface area contributed by atoms with Gasteiger partial charge in [0.2, 0.25) is 0 Å². The summed E-state index contributed by atoms with van der Waals surface area (Å²) in [6.45, 7) is 0. The molecule has 1 aromatic carbocycles. The average Bonchev–Trinajstić information content (AvgIpc) is 2.44. The highest BCUT2D eigenvalue weighted by molar-refractivity contribution is 9.11. The third kappa shape index (κ3) is 1.57. The molecule has 72 valence electrons. The van der Waals surface area contributed by atoms with Gasteiger partial charge in [-0.1, -0.05) is 27.3 Å². The van der Waals surface area contributed by atoms with Crippen molar-refractivity contribution < 1.29 is 4.92 Å². The van der Waals surface area contributed by atoms with Crippen LogP contribution in [0.5, 0.6) is 0 Å². The monoisotopic (exact) mass is 335 g/mol. The maximum atomic E-state index is 10.7. The topological polar surface area (TPSA) is 43.1 Å². The molecule has 0 unspecified atom stereocenters. The first-order chi connectivity index (χ1) is 6.59. The van der Waals surface area contributed by atoms with Crippen LogP contribution in [0.3, 0.4) is 0 Å². The predicted octanol–water partition coefficient (Wildman–Crippen LogP) is 4.33. The van der Waals surface area contributed by atoms with Crippen LogP contribution in [0.2, 0.25) is 0 Å². The first kappa shape index (κ1) is 10.1. The Morgan fingerprint density at radius 2 is 2.07 bits per heavy atom. The molecule has 0 aliphatic rings. The number of hydrogen-bond donors (Lipinski definition) is 0. The van der Waals surface area contributed by atoms with Crippen LogP contribution in [0, 0.1) is 10.1 Å². The Morgan fingerprint density at radius 1 is 1.36 bits per heavy atom. The van der Waals surface area contributed by atoms with E-state index in [9.17, 15) is 10.1 Å². The van der Waals surface area contributed by atoms with Crippen LogP contribution in [-0.4, -0.2) is 4.92 Å². The number of thiophene rings is 1. The van der Waals surface area contributed by atoms with E-state index in [2.05, 4.69) is 31.9 Å². The molecule has 2 rings (SSSR count). The molecule has 1 aromatic heterocycles. The van der Waals surface area contributed by atoms with Gasteiger partial charge in [0.1, 0.15) is 4.47 Å². The Labute approximate surface area is 100 Å². The standard InChI is InChI=1S/C8H3Br2NO2S/c9-4-1-2-6-5(3-4)7(10)8(14-6)11(12)13/h1-3H. The van der Waals surface area contributed by atoms with Crippen LogP contribution in [0.15, 0.2) is 27.1 Å². The second kappa shape index (κ2) is 3.60. The molecule has 2 aromatic rings. The molecule has 0 radical (unpaired) electrons. The Balaban J connectivity index is 2.80. The van der Waals surface area contributed by atoms with Gasteiger partial charge in [0.25, 0.3) is 0 Å². The SMILES string of the molecule is O=[N+]([O-])c1sc2ccc(Br)cc2c1Br. The van der Waals surface area contributed by atoms with Gasteiger partial charge >= 0.3 is 5.00 Å². The number of hydrogen-bond acceptors (Lipinski definition) is 3. The molecular formula is C8H3Br2NO2S. The van der Waals surface area contributed by atoms with Gasteiger partial charge in [-0.2, -0.15) is 0 Å². The van der Waals surface area contributed by atoms with Crippen molar-refractivity contribution >= 4 is 58.3 Å². The van der Waals surface area contributed by atoms with Crippen LogP contribution in [0.4, 0.5) is 5.00 Å². The molecule has 0 atom stereocenters. The van der Waals surface area contributed by atoms with E-state index in [0.29, 0.717) is 4.47 Å². The molecule has 1 heterocycles. The molecule has 3 nitrogen and oxygen atoms in total. The summed E-state index contributed by atoms with van der Waals surface area (Å²) in [6, 6.07) is 5.60. The molecule has 6 heteroatoms. The number of halogens is 2. The molecule has 0 spiro atoms. The first-order valence-electron chi connectivity index (χ1n) is 3.61. The summed E-state index contributed by atoms with van der Waals surface area (Å²) in [7, 11) is 0. The van der Waals surface area contributed by atoms with Crippen molar-refractivity contribution in [3.8, 4) is 0 Å². The zero-order valence-electron chi connectivity index (χ0n) is 6.66. The van der Waals surface area contributed by atoms with E-state index in [1.54, 1.807) is 0 Å². The lowest BCUT2D eigenvalue weighted by molar-refractivity contribution is -0.380. The van der Waals surface area contributed by atoms with Crippen molar-refractivity contribution in [2.75, 3.05) is 0 Å². The molecule has 0 aliphatic carbocycles. The zero-order valence-corrected chi connectivity index (χ0v) is 10.6. The second-order valence-corrected chi connectivity index (χ2v) is 5.36. The van der Waals surface area contributed by atoms with Crippen LogP contribution >= 0.6 is 43.2 Å². The van der Waals surface area contributed by atoms with E-state index < -0.39 is 0 Å². The summed E-state index contributed by atoms with van der Waals surface area (Å²) in [5.74, 6) is 0. The fourth-order valence-electron chi connectivity index (χ4n) is 1.14. The highest BCUT2D eigenvalue weighted by Crippen LogP contribution is 2.41. The van der Waals surface area contributed by atoms with Gasteiger partial charge in [-0.25, -0.2) is 0 Å². The Hall–Kier alpha value is -0.460. The largest absolute Gasteiger partial charge is 0.339 e. The van der Waals surface area contributed by atoms with Crippen molar-refractivity contribution in [3.63, 3.8) is 0 Å². The van der Waals surface area contributed by atoms with Crippen LogP contribution < -0.4 is 0 Å². The summed E-state index contributed by atoms with van der Waals surface area (Å²) >= 11 is 7.74. The quantitative estimate of drug-likeness (QED) is 0.574. The van der Waals surface area contributed by atoms with Crippen molar-refractivity contribution in [2.24, 2.45) is 0 Å². The third-order valence-electron chi connectivity index (χ3n) is 1.74. The normalized spacial score (nSPS) is 10.7. The van der Waals surface area contributed by atoms with E-state index in [1.165, 1.54) is 11.3 Å². The van der Waals surface area contributed by atoms with Gasteiger partial charge in [0, 0.05) is 14.6 Å². The maximum Gasteiger partial charge on any atom is 0.339 e. The van der Waals surface area contributed by atoms with Crippen LogP contribution in [0.25, 0.3) is 10.1 Å². The summed E-state index contributed by atoms with van der Waals surface area (Å²) in [6.07, 6.45) is 0. The minimum absolute atomic E-state index is 0.151. The van der Waals surface area contributed by atoms with Gasteiger partial charge in [0.15, 0.2) is 0 Å². The Kier molecular flexibility index (Phi) is 2.59. The minimum Gasteiger partial charge on any atom is -0.258 e. The number of fused-ring (bicyclic) bond motifs is 1. The van der Waals surface area contributed by atoms with E-state index in [0.717, 1.165) is 14.6 Å². The number of rotatable bonds is 1. The highest BCUT2D eigenvalue weighted by atomic mass is 79.9. The van der Waals surface area contributed by atoms with Crippen molar-refractivity contribution in [3.05, 3.63) is 37.3 Å². The van der Waals surface area contributed by atoms with E-state index in [4.69, 9.17) is 0 Å². The van der Waals surface area contributed by atoms with Crippen LogP contribution in [-0.2, 0) is 0 Å². The van der Waals surface area contributed by atoms with Gasteiger partial charge in [-0.15, -0.1) is 0 Å². The first-order valence-corrected chi connectivity index (χ1v) is 6.02. The fourth-order valence-corrected chi connectivity index (χ4v) is 3.24. The lowest BCUT2D eigenvalue weighted by Gasteiger charge is -1.90. The molecule has 0 saturated heterocycles. The minimum atomic E-state index is -0.372. The smallest absolute Gasteiger partial charge is 0.258 e. The van der Waals surface area contributed by atoms with E-state index in [-0.39, 0.29) is 9.92 Å². The lowest BCUT2D eigenvalue weighted by atomic mass is 10.3. The van der Waals surface area contributed by atoms with Crippen molar-refractivity contribution in [1.82, 2.24) is 0 Å². The summed E-state index contributed by atoms with van der Waals surface area (Å²) < 4.78 is 2.38. The average molecular weight is 337 g/mol. The number of nitrogens with zero attached hydrogens (tertiary/aromatic N) is 1. The Bertz CT molecular complexity index is 523. The molecule has 0 aliphatic heterocycles. The maximum absolute atomic E-state index is 10.7. The highest BCUT2D eigenvalue weighted by Gasteiger charge is 2.18. The molecule has 0 bridgehead atoms. The van der Waals surface area contributed by atoms with Crippen LogP contribution in [0.1, 0.15) is 0 Å². The summed E-state index contributed by atoms with van der Waals surface area (Å²) in [4.78, 5) is 10.3. The van der Waals surface area contributed by atoms with Gasteiger partial charge in [-0.3, -0.25) is 10.1 Å². The molecule has 0 amide bonds. The molecule has 0 fully saturated rings. The predicted molar refractivity (Wildman–Crippen MR) is 63.9 cm³/mol. The second-order valence-electron chi connectivity index (χ2n) is 2.62. The molecule has 0 saturated carbocycles. The summed E-state index contributed by atoms with van der Waals surface area (Å²) in [5, 5.41) is 11.7. The molecule has 0 N–H and O–H groups in total. The van der Waals surface area contributed by atoms with E-state index >= 15 is 0 Å². The molecule has 14 heavy (non-hydrogen) atoms. The number of benzene rings is 1. The zero-order chi connectivity index (χ0) is 10.3.